The smallest absolute Gasteiger partial charge is 0.251 e. The van der Waals surface area contributed by atoms with Crippen LogP contribution in [-0.4, -0.2) is 43.0 Å². The van der Waals surface area contributed by atoms with E-state index < -0.39 is 0 Å². The molecule has 2 fully saturated rings. The van der Waals surface area contributed by atoms with Gasteiger partial charge in [-0.15, -0.1) is 0 Å². The van der Waals surface area contributed by atoms with E-state index in [-0.39, 0.29) is 5.91 Å². The molecule has 0 aliphatic carbocycles. The lowest BCUT2D eigenvalue weighted by Gasteiger charge is -2.33. The van der Waals surface area contributed by atoms with Crippen LogP contribution < -0.4 is 16.4 Å². The molecule has 5 nitrogen and oxygen atoms in total. The van der Waals surface area contributed by atoms with E-state index in [2.05, 4.69) is 15.5 Å². The summed E-state index contributed by atoms with van der Waals surface area (Å²) in [5.74, 6) is -0.0798. The summed E-state index contributed by atoms with van der Waals surface area (Å²) in [7, 11) is 1.64. The van der Waals surface area contributed by atoms with Gasteiger partial charge >= 0.3 is 0 Å². The van der Waals surface area contributed by atoms with Gasteiger partial charge in [0, 0.05) is 31.2 Å². The third-order valence-corrected chi connectivity index (χ3v) is 4.74. The number of rotatable bonds is 3. The number of nitrogens with two attached hydrogens (primary N) is 1. The Morgan fingerprint density at radius 1 is 1.29 bits per heavy atom. The van der Waals surface area contributed by atoms with E-state index in [4.69, 9.17) is 5.73 Å². The second kappa shape index (κ2) is 5.93. The summed E-state index contributed by atoms with van der Waals surface area (Å²) in [4.78, 5) is 14.3. The van der Waals surface area contributed by atoms with Gasteiger partial charge in [-0.2, -0.15) is 0 Å². The van der Waals surface area contributed by atoms with Crippen LogP contribution in [0.15, 0.2) is 18.2 Å². The molecule has 2 aliphatic rings. The molecule has 1 amide bonds. The highest BCUT2D eigenvalue weighted by molar-refractivity contribution is 5.96. The Hall–Kier alpha value is -1.75. The van der Waals surface area contributed by atoms with Gasteiger partial charge < -0.3 is 16.4 Å². The maximum Gasteiger partial charge on any atom is 0.251 e. The van der Waals surface area contributed by atoms with E-state index in [1.165, 1.54) is 25.8 Å². The lowest BCUT2D eigenvalue weighted by molar-refractivity contribution is 0.0963. The van der Waals surface area contributed by atoms with Crippen LogP contribution in [0.2, 0.25) is 0 Å². The summed E-state index contributed by atoms with van der Waals surface area (Å²) in [6.45, 7) is 2.38. The van der Waals surface area contributed by atoms with Crippen molar-refractivity contribution < 1.29 is 4.79 Å². The SMILES string of the molecule is CNC(=O)c1ccc(N)c(NC2CCN3CCCCC23)c1. The van der Waals surface area contributed by atoms with E-state index >= 15 is 0 Å². The molecular weight excluding hydrogens is 264 g/mol. The molecule has 0 aromatic heterocycles. The Morgan fingerprint density at radius 2 is 2.14 bits per heavy atom. The Kier molecular flexibility index (Phi) is 4.01. The zero-order valence-corrected chi connectivity index (χ0v) is 12.6. The quantitative estimate of drug-likeness (QED) is 0.740. The van der Waals surface area contributed by atoms with Crippen molar-refractivity contribution in [2.24, 2.45) is 0 Å². The molecule has 4 N–H and O–H groups in total. The van der Waals surface area contributed by atoms with E-state index in [0.717, 1.165) is 18.7 Å². The van der Waals surface area contributed by atoms with Gasteiger partial charge in [0.2, 0.25) is 0 Å². The lowest BCUT2D eigenvalue weighted by atomic mass is 9.98. The van der Waals surface area contributed by atoms with E-state index in [9.17, 15) is 4.79 Å². The predicted octanol–water partition coefficient (Wildman–Crippen LogP) is 1.67. The molecule has 2 unspecified atom stereocenters. The van der Waals surface area contributed by atoms with Crippen LogP contribution in [0.4, 0.5) is 11.4 Å². The number of anilines is 2. The molecule has 3 rings (SSSR count). The van der Waals surface area contributed by atoms with Crippen molar-refractivity contribution in [1.29, 1.82) is 0 Å². The topological polar surface area (TPSA) is 70.4 Å². The normalized spacial score (nSPS) is 25.4. The molecule has 0 spiro atoms. The summed E-state index contributed by atoms with van der Waals surface area (Å²) < 4.78 is 0. The average Bonchev–Trinajstić information content (AvgIpc) is 2.92. The number of carbonyl (C=O) groups is 1. The van der Waals surface area contributed by atoms with E-state index in [0.29, 0.717) is 23.3 Å². The number of piperidine rings is 1. The molecule has 2 saturated heterocycles. The molecule has 2 atom stereocenters. The minimum absolute atomic E-state index is 0.0798. The van der Waals surface area contributed by atoms with Crippen LogP contribution in [0.1, 0.15) is 36.0 Å². The summed E-state index contributed by atoms with van der Waals surface area (Å²) in [6.07, 6.45) is 5.03. The molecule has 1 aromatic rings. The minimum atomic E-state index is -0.0798. The Morgan fingerprint density at radius 3 is 2.95 bits per heavy atom. The number of carbonyl (C=O) groups excluding carboxylic acids is 1. The van der Waals surface area contributed by atoms with Crippen molar-refractivity contribution in [3.05, 3.63) is 23.8 Å². The first-order valence-electron chi connectivity index (χ1n) is 7.81. The maximum atomic E-state index is 11.8. The van der Waals surface area contributed by atoms with Crippen molar-refractivity contribution in [3.63, 3.8) is 0 Å². The van der Waals surface area contributed by atoms with Crippen LogP contribution in [0.25, 0.3) is 0 Å². The average molecular weight is 288 g/mol. The monoisotopic (exact) mass is 288 g/mol. The first-order chi connectivity index (χ1) is 10.2. The molecule has 1 aromatic carbocycles. The Labute approximate surface area is 125 Å². The summed E-state index contributed by atoms with van der Waals surface area (Å²) in [6, 6.07) is 6.48. The molecule has 21 heavy (non-hydrogen) atoms. The van der Waals surface area contributed by atoms with Gasteiger partial charge in [0.1, 0.15) is 0 Å². The fourth-order valence-electron chi connectivity index (χ4n) is 3.58. The van der Waals surface area contributed by atoms with Crippen LogP contribution >= 0.6 is 0 Å². The second-order valence-electron chi connectivity index (χ2n) is 6.02. The van der Waals surface area contributed by atoms with Crippen LogP contribution in [0, 0.1) is 0 Å². The van der Waals surface area contributed by atoms with Crippen molar-refractivity contribution in [3.8, 4) is 0 Å². The largest absolute Gasteiger partial charge is 0.397 e. The number of nitrogens with one attached hydrogen (secondary N) is 2. The molecule has 0 saturated carbocycles. The van der Waals surface area contributed by atoms with Crippen molar-refractivity contribution in [2.75, 3.05) is 31.2 Å². The fourth-order valence-corrected chi connectivity index (χ4v) is 3.58. The van der Waals surface area contributed by atoms with Crippen LogP contribution in [-0.2, 0) is 0 Å². The molecule has 0 bridgehead atoms. The highest BCUT2D eigenvalue weighted by Crippen LogP contribution is 2.31. The van der Waals surface area contributed by atoms with Crippen LogP contribution in [0.3, 0.4) is 0 Å². The first kappa shape index (κ1) is 14.2. The number of hydrogen-bond acceptors (Lipinski definition) is 4. The number of hydrogen-bond donors (Lipinski definition) is 3. The van der Waals surface area contributed by atoms with Gasteiger partial charge in [-0.3, -0.25) is 9.69 Å². The Bertz CT molecular complexity index is 531. The molecule has 114 valence electrons. The molecule has 2 aliphatic heterocycles. The molecular formula is C16H24N4O. The zero-order valence-electron chi connectivity index (χ0n) is 12.6. The zero-order chi connectivity index (χ0) is 14.8. The molecule has 5 heteroatoms. The summed E-state index contributed by atoms with van der Waals surface area (Å²) in [5, 5.41) is 6.23. The highest BCUT2D eigenvalue weighted by atomic mass is 16.1. The van der Waals surface area contributed by atoms with Gasteiger partial charge in [-0.25, -0.2) is 0 Å². The minimum Gasteiger partial charge on any atom is -0.397 e. The van der Waals surface area contributed by atoms with Crippen LogP contribution in [0.5, 0.6) is 0 Å². The number of fused-ring (bicyclic) bond motifs is 1. The first-order valence-corrected chi connectivity index (χ1v) is 7.81. The molecule has 0 radical (unpaired) electrons. The fraction of sp³-hybridized carbons (Fsp3) is 0.562. The van der Waals surface area contributed by atoms with Gasteiger partial charge in [0.15, 0.2) is 0 Å². The van der Waals surface area contributed by atoms with Gasteiger partial charge in [0.05, 0.1) is 11.4 Å². The van der Waals surface area contributed by atoms with Gasteiger partial charge in [-0.1, -0.05) is 6.42 Å². The van der Waals surface area contributed by atoms with E-state index in [1.54, 1.807) is 19.2 Å². The number of amides is 1. The highest BCUT2D eigenvalue weighted by Gasteiger charge is 2.35. The Balaban J connectivity index is 1.76. The van der Waals surface area contributed by atoms with Crippen molar-refractivity contribution >= 4 is 17.3 Å². The standard InChI is InChI=1S/C16H24N4O/c1-18-16(21)11-5-6-12(17)14(10-11)19-13-7-9-20-8-3-2-4-15(13)20/h5-6,10,13,15,19H,2-4,7-9,17H2,1H3,(H,18,21). The van der Waals surface area contributed by atoms with Crippen molar-refractivity contribution in [1.82, 2.24) is 10.2 Å². The lowest BCUT2D eigenvalue weighted by Crippen LogP contribution is -2.41. The predicted molar refractivity (Wildman–Crippen MR) is 85.5 cm³/mol. The third kappa shape index (κ3) is 2.83. The summed E-state index contributed by atoms with van der Waals surface area (Å²) >= 11 is 0. The van der Waals surface area contributed by atoms with Crippen molar-refractivity contribution in [2.45, 2.75) is 37.8 Å². The van der Waals surface area contributed by atoms with E-state index in [1.807, 2.05) is 6.07 Å². The van der Waals surface area contributed by atoms with Gasteiger partial charge in [0.25, 0.3) is 5.91 Å². The maximum absolute atomic E-state index is 11.8. The second-order valence-corrected chi connectivity index (χ2v) is 6.02. The third-order valence-electron chi connectivity index (χ3n) is 4.74. The number of nitrogens with zero attached hydrogens (tertiary/aromatic N) is 1. The van der Waals surface area contributed by atoms with Gasteiger partial charge in [-0.05, 0) is 44.0 Å². The molecule has 2 heterocycles. The number of benzene rings is 1. The summed E-state index contributed by atoms with van der Waals surface area (Å²) in [5.41, 5.74) is 8.30. The number of nitrogen functional groups attached to an aromatic ring is 1.